The summed E-state index contributed by atoms with van der Waals surface area (Å²) in [4.78, 5) is 23.8. The fourth-order valence-corrected chi connectivity index (χ4v) is 5.75. The Hall–Kier alpha value is -2.60. The second kappa shape index (κ2) is 8.98. The van der Waals surface area contributed by atoms with Crippen LogP contribution >= 0.6 is 0 Å². The van der Waals surface area contributed by atoms with Crippen molar-refractivity contribution >= 4 is 16.7 Å². The van der Waals surface area contributed by atoms with E-state index in [4.69, 9.17) is 4.98 Å². The SMILES string of the molecule is O=C(CN1CCc2cc(-c3nccc4ccccc34)ccc2C1)[NH+]1CCN(C2CCC2)CC1. The zero-order chi connectivity index (χ0) is 22.2. The average Bonchev–Trinajstić information content (AvgIpc) is 2.83. The van der Waals surface area contributed by atoms with Crippen molar-refractivity contribution in [3.8, 4) is 11.3 Å². The normalized spacial score (nSPS) is 20.5. The molecule has 5 nitrogen and oxygen atoms in total. The van der Waals surface area contributed by atoms with E-state index in [-0.39, 0.29) is 0 Å². The van der Waals surface area contributed by atoms with E-state index in [0.717, 1.165) is 57.4 Å². The lowest BCUT2D eigenvalue weighted by Crippen LogP contribution is -3.18. The molecule has 1 aliphatic carbocycles. The Morgan fingerprint density at radius 1 is 1.00 bits per heavy atom. The lowest BCUT2D eigenvalue weighted by atomic mass is 9.91. The van der Waals surface area contributed by atoms with E-state index in [1.165, 1.54) is 51.6 Å². The quantitative estimate of drug-likeness (QED) is 0.676. The average molecular weight is 442 g/mol. The van der Waals surface area contributed by atoms with E-state index in [0.29, 0.717) is 12.5 Å². The molecule has 1 aromatic heterocycles. The van der Waals surface area contributed by atoms with Crippen molar-refractivity contribution < 1.29 is 9.69 Å². The van der Waals surface area contributed by atoms with E-state index in [9.17, 15) is 4.79 Å². The van der Waals surface area contributed by atoms with Gasteiger partial charge in [-0.05, 0) is 47.9 Å². The van der Waals surface area contributed by atoms with E-state index in [1.807, 2.05) is 6.20 Å². The number of nitrogens with zero attached hydrogens (tertiary/aromatic N) is 3. The third kappa shape index (κ3) is 4.21. The maximum absolute atomic E-state index is 13.0. The summed E-state index contributed by atoms with van der Waals surface area (Å²) < 4.78 is 0. The van der Waals surface area contributed by atoms with Crippen LogP contribution in [0.4, 0.5) is 0 Å². The smallest absolute Gasteiger partial charge is 0.289 e. The first kappa shape index (κ1) is 21.0. The van der Waals surface area contributed by atoms with Crippen molar-refractivity contribution in [1.82, 2.24) is 14.8 Å². The third-order valence-corrected chi connectivity index (χ3v) is 8.00. The van der Waals surface area contributed by atoms with Crippen LogP contribution in [-0.4, -0.2) is 66.0 Å². The molecule has 1 N–H and O–H groups in total. The number of pyridine rings is 1. The number of hydrogen-bond acceptors (Lipinski definition) is 4. The first-order valence-corrected chi connectivity index (χ1v) is 12.5. The minimum absolute atomic E-state index is 0.378. The van der Waals surface area contributed by atoms with Gasteiger partial charge in [-0.3, -0.25) is 19.7 Å². The van der Waals surface area contributed by atoms with Gasteiger partial charge in [-0.25, -0.2) is 4.79 Å². The summed E-state index contributed by atoms with van der Waals surface area (Å²) in [6.07, 6.45) is 6.99. The van der Waals surface area contributed by atoms with Crippen LogP contribution in [0.1, 0.15) is 30.4 Å². The number of benzene rings is 2. The van der Waals surface area contributed by atoms with Gasteiger partial charge >= 0.3 is 5.91 Å². The molecule has 170 valence electrons. The van der Waals surface area contributed by atoms with E-state index in [2.05, 4.69) is 58.3 Å². The molecule has 3 aliphatic rings. The number of rotatable bonds is 4. The van der Waals surface area contributed by atoms with Crippen LogP contribution in [0, 0.1) is 0 Å². The second-order valence-corrected chi connectivity index (χ2v) is 9.97. The van der Waals surface area contributed by atoms with Crippen LogP contribution < -0.4 is 4.90 Å². The van der Waals surface area contributed by atoms with Crippen molar-refractivity contribution in [2.45, 2.75) is 38.3 Å². The second-order valence-electron chi connectivity index (χ2n) is 9.97. The molecule has 2 aliphatic heterocycles. The molecule has 0 spiro atoms. The molecule has 2 fully saturated rings. The molecule has 3 aromatic rings. The molecule has 1 saturated carbocycles. The van der Waals surface area contributed by atoms with Gasteiger partial charge in [0.25, 0.3) is 0 Å². The van der Waals surface area contributed by atoms with Crippen molar-refractivity contribution in [2.75, 3.05) is 39.3 Å². The van der Waals surface area contributed by atoms with Crippen molar-refractivity contribution in [3.05, 3.63) is 65.9 Å². The van der Waals surface area contributed by atoms with Crippen molar-refractivity contribution in [2.24, 2.45) is 0 Å². The van der Waals surface area contributed by atoms with Crippen LogP contribution in [0.15, 0.2) is 54.7 Å². The molecular weight excluding hydrogens is 408 g/mol. The highest BCUT2D eigenvalue weighted by atomic mass is 16.2. The fraction of sp³-hybridized carbons (Fsp3) is 0.429. The summed E-state index contributed by atoms with van der Waals surface area (Å²) in [6, 6.07) is 18.1. The van der Waals surface area contributed by atoms with E-state index in [1.54, 1.807) is 0 Å². The van der Waals surface area contributed by atoms with E-state index < -0.39 is 0 Å². The molecule has 2 aromatic carbocycles. The standard InChI is InChI=1S/C28H32N4O/c33-27(32-16-14-31(15-17-32)25-5-3-6-25)20-30-13-11-22-18-23(8-9-24(22)19-30)28-26-7-2-1-4-21(26)10-12-29-28/h1-2,4,7-10,12,18,25H,3,5-6,11,13-17,19-20H2/p+1. The van der Waals surface area contributed by atoms with Crippen LogP contribution in [0.2, 0.25) is 0 Å². The molecule has 0 atom stereocenters. The summed E-state index contributed by atoms with van der Waals surface area (Å²) in [6.45, 7) is 6.50. The highest BCUT2D eigenvalue weighted by Gasteiger charge is 2.33. The number of carbonyl (C=O) groups excluding carboxylic acids is 1. The van der Waals surface area contributed by atoms with Gasteiger partial charge < -0.3 is 0 Å². The largest absolute Gasteiger partial charge is 0.326 e. The Balaban J connectivity index is 1.10. The zero-order valence-corrected chi connectivity index (χ0v) is 19.3. The summed E-state index contributed by atoms with van der Waals surface area (Å²) in [7, 11) is 0. The van der Waals surface area contributed by atoms with Gasteiger partial charge in [-0.15, -0.1) is 0 Å². The van der Waals surface area contributed by atoms with Crippen LogP contribution in [0.25, 0.3) is 22.0 Å². The molecule has 1 amide bonds. The fourth-order valence-electron chi connectivity index (χ4n) is 5.75. The molecule has 6 rings (SSSR count). The number of quaternary nitrogens is 1. The Bertz CT molecular complexity index is 1160. The highest BCUT2D eigenvalue weighted by molar-refractivity contribution is 5.94. The maximum atomic E-state index is 13.0. The molecule has 0 radical (unpaired) electrons. The number of fused-ring (bicyclic) bond motifs is 2. The molecule has 5 heteroatoms. The molecule has 0 unspecified atom stereocenters. The number of carbonyl (C=O) groups is 1. The summed E-state index contributed by atoms with van der Waals surface area (Å²) >= 11 is 0. The third-order valence-electron chi connectivity index (χ3n) is 8.00. The number of amides is 1. The van der Waals surface area contributed by atoms with Gasteiger partial charge in [0, 0.05) is 49.4 Å². The predicted octanol–water partition coefficient (Wildman–Crippen LogP) is 2.54. The van der Waals surface area contributed by atoms with Gasteiger partial charge in [0.15, 0.2) is 0 Å². The Morgan fingerprint density at radius 3 is 2.67 bits per heavy atom. The first-order valence-electron chi connectivity index (χ1n) is 12.5. The van der Waals surface area contributed by atoms with Gasteiger partial charge in [0.1, 0.15) is 6.54 Å². The molecule has 0 bridgehead atoms. The van der Waals surface area contributed by atoms with Crippen LogP contribution in [-0.2, 0) is 17.8 Å². The number of nitrogens with one attached hydrogen (secondary N) is 1. The van der Waals surface area contributed by atoms with Crippen molar-refractivity contribution in [3.63, 3.8) is 0 Å². The predicted molar refractivity (Wildman–Crippen MR) is 131 cm³/mol. The minimum atomic E-state index is 0.378. The Morgan fingerprint density at radius 2 is 1.85 bits per heavy atom. The van der Waals surface area contributed by atoms with Crippen molar-refractivity contribution in [1.29, 1.82) is 0 Å². The summed E-state index contributed by atoms with van der Waals surface area (Å²) in [5.74, 6) is 0.378. The Kier molecular flexibility index (Phi) is 5.70. The number of piperazine rings is 1. The van der Waals surface area contributed by atoms with Gasteiger partial charge in [-0.2, -0.15) is 0 Å². The van der Waals surface area contributed by atoms with Gasteiger partial charge in [0.05, 0.1) is 18.8 Å². The minimum Gasteiger partial charge on any atom is -0.289 e. The van der Waals surface area contributed by atoms with Gasteiger partial charge in [0.2, 0.25) is 0 Å². The number of aromatic nitrogens is 1. The topological polar surface area (TPSA) is 40.9 Å². The van der Waals surface area contributed by atoms with E-state index >= 15 is 0 Å². The molecular formula is C28H33N4O+. The lowest BCUT2D eigenvalue weighted by molar-refractivity contribution is -0.826. The zero-order valence-electron chi connectivity index (χ0n) is 19.3. The lowest BCUT2D eigenvalue weighted by Gasteiger charge is -2.41. The molecule has 1 saturated heterocycles. The highest BCUT2D eigenvalue weighted by Crippen LogP contribution is 2.30. The maximum Gasteiger partial charge on any atom is 0.326 e. The Labute approximate surface area is 196 Å². The molecule has 33 heavy (non-hydrogen) atoms. The summed E-state index contributed by atoms with van der Waals surface area (Å²) in [5.41, 5.74) is 4.98. The molecule has 3 heterocycles. The summed E-state index contributed by atoms with van der Waals surface area (Å²) in [5, 5.41) is 2.42. The van der Waals surface area contributed by atoms with Crippen LogP contribution in [0.5, 0.6) is 0 Å². The van der Waals surface area contributed by atoms with Gasteiger partial charge in [-0.1, -0.05) is 42.8 Å². The number of hydrogen-bond donors (Lipinski definition) is 1. The first-order chi connectivity index (χ1) is 16.2. The monoisotopic (exact) mass is 441 g/mol. The van der Waals surface area contributed by atoms with Crippen LogP contribution in [0.3, 0.4) is 0 Å².